The number of hydrogen-bond acceptors (Lipinski definition) is 2. The van der Waals surface area contributed by atoms with Crippen molar-refractivity contribution in [3.05, 3.63) is 22.3 Å². The molecule has 1 aromatic rings. The summed E-state index contributed by atoms with van der Waals surface area (Å²) in [4.78, 5) is 3.59. The minimum Gasteiger partial charge on any atom is -0.481 e. The molecule has 13 heavy (non-hydrogen) atoms. The van der Waals surface area contributed by atoms with Gasteiger partial charge in [-0.2, -0.15) is 0 Å². The van der Waals surface area contributed by atoms with Crippen molar-refractivity contribution >= 4 is 15.9 Å². The summed E-state index contributed by atoms with van der Waals surface area (Å²) in [7, 11) is -3.10. The third kappa shape index (κ3) is 2.44. The number of halogens is 1. The molecule has 0 radical (unpaired) electrons. The van der Waals surface area contributed by atoms with E-state index in [1.54, 1.807) is 0 Å². The largest absolute Gasteiger partial charge is 0.481 e. The average molecular weight is 256 g/mol. The monoisotopic (exact) mass is 255 g/mol. The molecule has 0 fully saturated rings. The van der Waals surface area contributed by atoms with E-state index < -0.39 is 44.5 Å². The van der Waals surface area contributed by atoms with Gasteiger partial charge >= 0.3 is 0 Å². The number of pyridine rings is 1. The molecule has 0 amide bonds. The SMILES string of the molecule is [2H]C([2H])([2H])Oc1ncc(Br)cc1C(C([2H])([2H])[2H])(C([2H])([2H])[2H])C([2H])([2H])[2H]. The molecule has 0 N–H and O–H groups in total. The summed E-state index contributed by atoms with van der Waals surface area (Å²) in [6, 6.07) is 0.888. The normalized spacial score (nSPS) is 29.0. The maximum atomic E-state index is 7.66. The first-order valence-corrected chi connectivity index (χ1v) is 3.99. The summed E-state index contributed by atoms with van der Waals surface area (Å²) in [6.07, 6.45) is 1.04. The van der Waals surface area contributed by atoms with Crippen LogP contribution >= 0.6 is 15.9 Å². The Hall–Kier alpha value is -0.570. The molecule has 0 atom stereocenters. The zero-order valence-electron chi connectivity index (χ0n) is 18.4. The Kier molecular flexibility index (Phi) is 0.766. The summed E-state index contributed by atoms with van der Waals surface area (Å²) < 4.78 is 95.0. The van der Waals surface area contributed by atoms with E-state index in [0.29, 0.717) is 0 Å². The third-order valence-corrected chi connectivity index (χ3v) is 1.75. The van der Waals surface area contributed by atoms with Crippen molar-refractivity contribution in [2.45, 2.75) is 26.0 Å². The van der Waals surface area contributed by atoms with Gasteiger partial charge in [0.15, 0.2) is 0 Å². The Bertz CT molecular complexity index is 593. The molecule has 1 heterocycles. The first-order chi connectivity index (χ1) is 10.8. The number of nitrogens with zero attached hydrogens (tertiary/aromatic N) is 1. The standard InChI is InChI=1S/C10H14BrNO/c1-10(2,3)8-5-7(11)6-12-9(8)13-4/h5-6H,1-4H3/i1D3,2D3,3D3,4D3. The minimum absolute atomic E-state index is 0.0579. The van der Waals surface area contributed by atoms with Crippen LogP contribution in [0.5, 0.6) is 5.88 Å². The van der Waals surface area contributed by atoms with Gasteiger partial charge in [0, 0.05) is 28.6 Å². The number of ether oxygens (including phenoxy) is 1. The number of rotatable bonds is 1. The molecule has 0 aliphatic heterocycles. The van der Waals surface area contributed by atoms with Crippen LogP contribution in [0, 0.1) is 0 Å². The van der Waals surface area contributed by atoms with Gasteiger partial charge in [-0.3, -0.25) is 0 Å². The van der Waals surface area contributed by atoms with E-state index >= 15 is 0 Å². The van der Waals surface area contributed by atoms with Crippen molar-refractivity contribution in [2.75, 3.05) is 7.04 Å². The Morgan fingerprint density at radius 3 is 2.92 bits per heavy atom. The van der Waals surface area contributed by atoms with Crippen LogP contribution in [0.15, 0.2) is 16.7 Å². The zero-order chi connectivity index (χ0) is 20.1. The summed E-state index contributed by atoms with van der Waals surface area (Å²) in [5.41, 5.74) is -4.28. The zero-order valence-corrected chi connectivity index (χ0v) is 7.97. The number of methoxy groups -OCH3 is 1. The summed E-state index contributed by atoms with van der Waals surface area (Å²) in [5.74, 6) is -0.897. The molecule has 0 unspecified atom stereocenters. The van der Waals surface area contributed by atoms with Crippen LogP contribution < -0.4 is 4.74 Å². The second-order valence-corrected chi connectivity index (χ2v) is 3.27. The Balaban J connectivity index is 4.00. The van der Waals surface area contributed by atoms with Crippen LogP contribution in [-0.4, -0.2) is 12.0 Å². The average Bonchev–Trinajstić information content (AvgIpc) is 2.25. The van der Waals surface area contributed by atoms with Crippen LogP contribution in [0.3, 0.4) is 0 Å². The second kappa shape index (κ2) is 3.66. The number of hydrogen-bond donors (Lipinski definition) is 0. The van der Waals surface area contributed by atoms with Gasteiger partial charge < -0.3 is 4.74 Å². The summed E-state index contributed by atoms with van der Waals surface area (Å²) >= 11 is 2.96. The van der Waals surface area contributed by atoms with Gasteiger partial charge in [-0.25, -0.2) is 4.98 Å². The summed E-state index contributed by atoms with van der Waals surface area (Å²) in [5, 5.41) is 0. The molecule has 0 spiro atoms. The van der Waals surface area contributed by atoms with Crippen molar-refractivity contribution in [3.63, 3.8) is 0 Å². The maximum Gasteiger partial charge on any atom is 0.216 e. The lowest BCUT2D eigenvalue weighted by Crippen LogP contribution is -2.13. The lowest BCUT2D eigenvalue weighted by molar-refractivity contribution is 0.380. The molecule has 0 saturated carbocycles. The van der Waals surface area contributed by atoms with E-state index in [1.165, 1.54) is 0 Å². The molecule has 1 aromatic heterocycles. The van der Waals surface area contributed by atoms with Crippen LogP contribution in [0.4, 0.5) is 0 Å². The fourth-order valence-corrected chi connectivity index (χ4v) is 1.11. The maximum absolute atomic E-state index is 7.66. The van der Waals surface area contributed by atoms with Crippen LogP contribution in [0.2, 0.25) is 0 Å². The first-order valence-electron chi connectivity index (χ1n) is 9.20. The highest BCUT2D eigenvalue weighted by molar-refractivity contribution is 9.10. The molecular formula is C10H14BrNO. The molecule has 1 rings (SSSR count). The van der Waals surface area contributed by atoms with E-state index in [9.17, 15) is 0 Å². The van der Waals surface area contributed by atoms with Gasteiger partial charge in [-0.1, -0.05) is 20.6 Å². The van der Waals surface area contributed by atoms with Gasteiger partial charge in [0.2, 0.25) is 5.88 Å². The lowest BCUT2D eigenvalue weighted by Gasteiger charge is -2.21. The topological polar surface area (TPSA) is 22.1 Å². The third-order valence-electron chi connectivity index (χ3n) is 1.32. The van der Waals surface area contributed by atoms with Crippen LogP contribution in [0.25, 0.3) is 0 Å². The van der Waals surface area contributed by atoms with Crippen LogP contribution in [0.1, 0.15) is 42.6 Å². The van der Waals surface area contributed by atoms with Crippen LogP contribution in [-0.2, 0) is 5.41 Å². The van der Waals surface area contributed by atoms with E-state index in [0.717, 1.165) is 12.3 Å². The molecular weight excluding hydrogens is 230 g/mol. The lowest BCUT2D eigenvalue weighted by atomic mass is 9.88. The fourth-order valence-electron chi connectivity index (χ4n) is 0.777. The highest BCUT2D eigenvalue weighted by atomic mass is 79.9. The quantitative estimate of drug-likeness (QED) is 0.770. The molecule has 0 bridgehead atoms. The molecule has 72 valence electrons. The van der Waals surface area contributed by atoms with Gasteiger partial charge in [-0.15, -0.1) is 0 Å². The van der Waals surface area contributed by atoms with Gasteiger partial charge in [0.25, 0.3) is 0 Å². The molecule has 0 aliphatic carbocycles. The predicted octanol–water partition coefficient (Wildman–Crippen LogP) is 3.15. The molecule has 0 aromatic carbocycles. The van der Waals surface area contributed by atoms with Gasteiger partial charge in [-0.05, 0) is 27.4 Å². The van der Waals surface area contributed by atoms with Crippen molar-refractivity contribution in [3.8, 4) is 5.88 Å². The smallest absolute Gasteiger partial charge is 0.216 e. The van der Waals surface area contributed by atoms with Crippen molar-refractivity contribution in [2.24, 2.45) is 0 Å². The van der Waals surface area contributed by atoms with E-state index in [4.69, 9.17) is 16.4 Å². The van der Waals surface area contributed by atoms with E-state index in [-0.39, 0.29) is 4.47 Å². The summed E-state index contributed by atoms with van der Waals surface area (Å²) in [6.45, 7) is -10.7. The van der Waals surface area contributed by atoms with Crippen molar-refractivity contribution in [1.82, 2.24) is 4.98 Å². The molecule has 3 heteroatoms. The second-order valence-electron chi connectivity index (χ2n) is 2.36. The van der Waals surface area contributed by atoms with Crippen molar-refractivity contribution in [1.29, 1.82) is 0 Å². The Morgan fingerprint density at radius 1 is 1.54 bits per heavy atom. The minimum atomic E-state index is -3.56. The Labute approximate surface area is 104 Å². The van der Waals surface area contributed by atoms with E-state index in [2.05, 4.69) is 25.7 Å². The highest BCUT2D eigenvalue weighted by Gasteiger charge is 2.19. The molecule has 0 saturated heterocycles. The van der Waals surface area contributed by atoms with Crippen molar-refractivity contribution < 1.29 is 21.2 Å². The van der Waals surface area contributed by atoms with Gasteiger partial charge in [0.05, 0.1) is 11.2 Å². The van der Waals surface area contributed by atoms with Gasteiger partial charge in [0.1, 0.15) is 0 Å². The predicted molar refractivity (Wildman–Crippen MR) is 57.2 cm³/mol. The fraction of sp³-hybridized carbons (Fsp3) is 0.500. The first kappa shape index (κ1) is 2.72. The molecule has 0 aliphatic rings. The molecule has 2 nitrogen and oxygen atoms in total. The highest BCUT2D eigenvalue weighted by Crippen LogP contribution is 2.31. The van der Waals surface area contributed by atoms with E-state index in [1.807, 2.05) is 0 Å². The number of aromatic nitrogens is 1. The Morgan fingerprint density at radius 2 is 2.31 bits per heavy atom.